The number of amides is 1. The maximum Gasteiger partial charge on any atom is 0.249 e. The van der Waals surface area contributed by atoms with Crippen LogP contribution in [-0.2, 0) is 13.2 Å². The molecule has 0 aliphatic carbocycles. The molecular formula is C27H22N2O2. The van der Waals surface area contributed by atoms with Gasteiger partial charge in [0.05, 0.1) is 5.52 Å². The molecule has 2 N–H and O–H groups in total. The van der Waals surface area contributed by atoms with E-state index in [0.717, 1.165) is 38.7 Å². The second kappa shape index (κ2) is 8.00. The number of primary amides is 1. The molecule has 0 bridgehead atoms. The molecule has 4 nitrogen and oxygen atoms in total. The molecule has 0 unspecified atom stereocenters. The molecule has 4 heteroatoms. The third-order valence-electron chi connectivity index (χ3n) is 5.58. The zero-order chi connectivity index (χ0) is 21.2. The molecule has 0 atom stereocenters. The van der Waals surface area contributed by atoms with Crippen molar-refractivity contribution in [3.05, 3.63) is 114 Å². The van der Waals surface area contributed by atoms with Gasteiger partial charge in [0.25, 0.3) is 0 Å². The molecular weight excluding hydrogens is 384 g/mol. The number of aromatic nitrogens is 1. The number of nitrogens with zero attached hydrogens (tertiary/aromatic N) is 1. The molecule has 152 valence electrons. The van der Waals surface area contributed by atoms with E-state index in [4.69, 9.17) is 10.5 Å². The zero-order valence-electron chi connectivity index (χ0n) is 17.0. The van der Waals surface area contributed by atoms with Gasteiger partial charge in [-0.1, -0.05) is 66.7 Å². The molecule has 0 saturated carbocycles. The van der Waals surface area contributed by atoms with Crippen molar-refractivity contribution in [1.82, 2.24) is 4.57 Å². The van der Waals surface area contributed by atoms with Crippen molar-refractivity contribution in [3.63, 3.8) is 0 Å². The van der Waals surface area contributed by atoms with E-state index in [0.29, 0.717) is 18.7 Å². The van der Waals surface area contributed by atoms with Crippen LogP contribution in [0.25, 0.3) is 21.8 Å². The van der Waals surface area contributed by atoms with E-state index >= 15 is 0 Å². The summed E-state index contributed by atoms with van der Waals surface area (Å²) in [4.78, 5) is 12.0. The summed E-state index contributed by atoms with van der Waals surface area (Å²) in [5.74, 6) is 0.430. The Labute approximate surface area is 180 Å². The van der Waals surface area contributed by atoms with Gasteiger partial charge in [0.1, 0.15) is 12.4 Å². The number of carbonyl (C=O) groups is 1. The van der Waals surface area contributed by atoms with E-state index in [9.17, 15) is 4.79 Å². The lowest BCUT2D eigenvalue weighted by Gasteiger charge is -2.10. The summed E-state index contributed by atoms with van der Waals surface area (Å²) < 4.78 is 8.14. The van der Waals surface area contributed by atoms with Crippen molar-refractivity contribution in [2.75, 3.05) is 0 Å². The fourth-order valence-electron chi connectivity index (χ4n) is 4.09. The fourth-order valence-corrected chi connectivity index (χ4v) is 4.09. The van der Waals surface area contributed by atoms with Gasteiger partial charge in [-0.3, -0.25) is 4.79 Å². The summed E-state index contributed by atoms with van der Waals surface area (Å²) in [6, 6.07) is 32.1. The molecule has 1 heterocycles. The monoisotopic (exact) mass is 406 g/mol. The number of hydrogen-bond donors (Lipinski definition) is 1. The lowest BCUT2D eigenvalue weighted by Crippen LogP contribution is -2.11. The van der Waals surface area contributed by atoms with Gasteiger partial charge in [-0.2, -0.15) is 0 Å². The minimum absolute atomic E-state index is 0.409. The van der Waals surface area contributed by atoms with Crippen LogP contribution in [0.4, 0.5) is 0 Å². The second-order valence-electron chi connectivity index (χ2n) is 7.59. The molecule has 0 saturated heterocycles. The van der Waals surface area contributed by atoms with Crippen LogP contribution in [0.5, 0.6) is 5.75 Å². The van der Waals surface area contributed by atoms with E-state index < -0.39 is 5.91 Å². The summed E-state index contributed by atoms with van der Waals surface area (Å²) in [6.07, 6.45) is 0. The van der Waals surface area contributed by atoms with Crippen LogP contribution in [0.15, 0.2) is 97.1 Å². The summed E-state index contributed by atoms with van der Waals surface area (Å²) in [5, 5.41) is 1.95. The third kappa shape index (κ3) is 3.64. The number of fused-ring (bicyclic) bond motifs is 3. The largest absolute Gasteiger partial charge is 0.489 e. The zero-order valence-corrected chi connectivity index (χ0v) is 17.0. The van der Waals surface area contributed by atoms with Gasteiger partial charge in [-0.15, -0.1) is 0 Å². The molecule has 0 spiro atoms. The third-order valence-corrected chi connectivity index (χ3v) is 5.58. The van der Waals surface area contributed by atoms with Crippen LogP contribution >= 0.6 is 0 Å². The van der Waals surface area contributed by atoms with Crippen molar-refractivity contribution in [2.24, 2.45) is 5.73 Å². The Morgan fingerprint density at radius 2 is 1.45 bits per heavy atom. The Morgan fingerprint density at radius 1 is 0.742 bits per heavy atom. The van der Waals surface area contributed by atoms with Crippen molar-refractivity contribution in [3.8, 4) is 5.75 Å². The minimum atomic E-state index is -0.409. The Kier molecular flexibility index (Phi) is 4.89. The van der Waals surface area contributed by atoms with E-state index in [2.05, 4.69) is 34.9 Å². The first-order chi connectivity index (χ1) is 15.2. The number of nitrogens with two attached hydrogens (primary N) is 1. The number of rotatable bonds is 6. The second-order valence-corrected chi connectivity index (χ2v) is 7.59. The Balaban J connectivity index is 1.46. The molecule has 0 fully saturated rings. The first-order valence-electron chi connectivity index (χ1n) is 10.3. The van der Waals surface area contributed by atoms with Crippen LogP contribution in [0.2, 0.25) is 0 Å². The highest BCUT2D eigenvalue weighted by molar-refractivity contribution is 6.17. The highest BCUT2D eigenvalue weighted by Gasteiger charge is 2.16. The summed E-state index contributed by atoms with van der Waals surface area (Å²) >= 11 is 0. The van der Waals surface area contributed by atoms with Crippen molar-refractivity contribution in [1.29, 1.82) is 0 Å². The van der Waals surface area contributed by atoms with Gasteiger partial charge in [-0.05, 0) is 41.5 Å². The van der Waals surface area contributed by atoms with E-state index in [1.165, 1.54) is 0 Å². The first kappa shape index (κ1) is 18.9. The Bertz CT molecular complexity index is 1370. The van der Waals surface area contributed by atoms with Gasteiger partial charge in [0.15, 0.2) is 0 Å². The number of ether oxygens (including phenoxy) is 1. The van der Waals surface area contributed by atoms with Gasteiger partial charge in [0, 0.05) is 28.4 Å². The fraction of sp³-hybridized carbons (Fsp3) is 0.0741. The summed E-state index contributed by atoms with van der Waals surface area (Å²) in [5.41, 5.74) is 10.6. The van der Waals surface area contributed by atoms with Crippen LogP contribution in [0, 0.1) is 0 Å². The van der Waals surface area contributed by atoms with Gasteiger partial charge >= 0.3 is 0 Å². The van der Waals surface area contributed by atoms with Gasteiger partial charge < -0.3 is 15.0 Å². The van der Waals surface area contributed by atoms with Crippen molar-refractivity contribution < 1.29 is 9.53 Å². The van der Waals surface area contributed by atoms with Gasteiger partial charge in [0.2, 0.25) is 5.91 Å². The number of benzene rings is 4. The van der Waals surface area contributed by atoms with Crippen molar-refractivity contribution in [2.45, 2.75) is 13.2 Å². The lowest BCUT2D eigenvalue weighted by atomic mass is 10.1. The lowest BCUT2D eigenvalue weighted by molar-refractivity contribution is 0.100. The molecule has 4 aromatic carbocycles. The quantitative estimate of drug-likeness (QED) is 0.404. The maximum atomic E-state index is 12.0. The van der Waals surface area contributed by atoms with Crippen LogP contribution in [-0.4, -0.2) is 10.5 Å². The first-order valence-corrected chi connectivity index (χ1v) is 10.3. The van der Waals surface area contributed by atoms with Crippen LogP contribution in [0.3, 0.4) is 0 Å². The minimum Gasteiger partial charge on any atom is -0.489 e. The summed E-state index contributed by atoms with van der Waals surface area (Å²) in [6.45, 7) is 1.23. The number of para-hydroxylation sites is 1. The van der Waals surface area contributed by atoms with Crippen LogP contribution < -0.4 is 10.5 Å². The van der Waals surface area contributed by atoms with E-state index in [1.807, 2.05) is 60.7 Å². The number of carbonyl (C=O) groups excluding carboxylic acids is 1. The van der Waals surface area contributed by atoms with Crippen molar-refractivity contribution >= 4 is 27.7 Å². The molecule has 31 heavy (non-hydrogen) atoms. The normalized spacial score (nSPS) is 11.1. The molecule has 1 amide bonds. The Hall–Kier alpha value is -4.05. The summed E-state index contributed by atoms with van der Waals surface area (Å²) in [7, 11) is 0. The Morgan fingerprint density at radius 3 is 2.23 bits per heavy atom. The smallest absolute Gasteiger partial charge is 0.249 e. The predicted octanol–water partition coefficient (Wildman–Crippen LogP) is 5.52. The van der Waals surface area contributed by atoms with E-state index in [-0.39, 0.29) is 0 Å². The SMILES string of the molecule is NC(=O)c1cccc2c1c1ccccc1n2Cc1ccc(OCc2ccccc2)cc1. The average Bonchev–Trinajstić information content (AvgIpc) is 3.13. The molecule has 5 rings (SSSR count). The molecule has 0 aliphatic heterocycles. The average molecular weight is 406 g/mol. The van der Waals surface area contributed by atoms with E-state index in [1.54, 1.807) is 6.07 Å². The highest BCUT2D eigenvalue weighted by Crippen LogP contribution is 2.32. The molecule has 5 aromatic rings. The number of hydrogen-bond acceptors (Lipinski definition) is 2. The standard InChI is InChI=1S/C27H22N2O2/c28-27(30)23-10-6-12-25-26(23)22-9-4-5-11-24(22)29(25)17-19-13-15-21(16-14-19)31-18-20-7-2-1-3-8-20/h1-16H,17-18H2,(H2,28,30). The predicted molar refractivity (Wildman–Crippen MR) is 124 cm³/mol. The molecule has 0 aliphatic rings. The van der Waals surface area contributed by atoms with Crippen LogP contribution in [0.1, 0.15) is 21.5 Å². The maximum absolute atomic E-state index is 12.0. The highest BCUT2D eigenvalue weighted by atomic mass is 16.5. The topological polar surface area (TPSA) is 57.2 Å². The molecule has 1 aromatic heterocycles. The molecule has 0 radical (unpaired) electrons. The van der Waals surface area contributed by atoms with Gasteiger partial charge in [-0.25, -0.2) is 0 Å².